The van der Waals surface area contributed by atoms with Gasteiger partial charge in [0, 0.05) is 18.3 Å². The fourth-order valence-corrected chi connectivity index (χ4v) is 0. The van der Waals surface area contributed by atoms with E-state index in [-0.39, 0.29) is 46.1 Å². The van der Waals surface area contributed by atoms with Crippen LogP contribution in [0.5, 0.6) is 0 Å². The summed E-state index contributed by atoms with van der Waals surface area (Å²) in [6.45, 7) is 0. The third-order valence-corrected chi connectivity index (χ3v) is 0. The van der Waals surface area contributed by atoms with Crippen LogP contribution in [0.15, 0.2) is 0 Å². The van der Waals surface area contributed by atoms with Gasteiger partial charge in [0.05, 0.1) is 0 Å². The van der Waals surface area contributed by atoms with Crippen LogP contribution in [-0.4, -0.2) is 402 Å². The van der Waals surface area contributed by atoms with Gasteiger partial charge >= 0.3 is 211 Å². The molecule has 0 saturated carbocycles. The Hall–Kier alpha value is -6.13. The topological polar surface area (TPSA) is 1160 Å². The van der Waals surface area contributed by atoms with Gasteiger partial charge in [-0.25, -0.2) is 0 Å². The van der Waals surface area contributed by atoms with Crippen molar-refractivity contribution >= 4 is 230 Å². The van der Waals surface area contributed by atoms with Crippen LogP contribution in [0.1, 0.15) is 0 Å². The van der Waals surface area contributed by atoms with Crippen molar-refractivity contribution in [2.75, 3.05) is 0 Å². The Kier molecular flexibility index (Phi) is 252. The molecule has 60 nitrogen and oxygen atoms in total. The van der Waals surface area contributed by atoms with Crippen LogP contribution < -0.4 is 19.2 Å². The van der Waals surface area contributed by atoms with Gasteiger partial charge in [0.1, 0.15) is 0 Å². The Morgan fingerprint density at radius 1 is 0.122 bits per heavy atom. The van der Waals surface area contributed by atoms with Gasteiger partial charge in [0.2, 0.25) is 0 Å². The molecule has 0 saturated heterocycles. The molecule has 0 aromatic heterocycles. The summed E-state index contributed by atoms with van der Waals surface area (Å²) in [5.41, 5.74) is 0. The SMILES string of the molecule is O=[Si](O)O.O=[Si](O)O.O=[Si](O)O.O=[Si](O)O.O=[Si](O)O.O=[Si](O)O.O=[Si](O)O.O=[Si](O)O.O=[Si](O)O.O=[Si](O)O.O=[Si](O)O.O=[Si](O)O.O=[Si](O)O.O=[Si](O)O.O=[Si](O)O.O=[Si](O)O.O=[Si](O)O.O=[Si](O)O.O=[Si]([O-])[O-].O=[Si]([O-])[O-].[Mg+2].[Mg+2]. The summed E-state index contributed by atoms with van der Waals surface area (Å²) in [7, 11) is -63.6. The molecule has 0 radical (unpaired) electrons. The first-order valence-electron chi connectivity index (χ1n) is 12.9. The molecular weight excluding hydrogens is 1570 g/mol. The fourth-order valence-electron chi connectivity index (χ4n) is 0. The summed E-state index contributed by atoms with van der Waals surface area (Å²) >= 11 is 0. The van der Waals surface area contributed by atoms with Crippen LogP contribution in [0.25, 0.3) is 0 Å². The van der Waals surface area contributed by atoms with E-state index in [9.17, 15) is 0 Å². The molecule has 0 atom stereocenters. The van der Waals surface area contributed by atoms with Gasteiger partial charge in [-0.2, -0.15) is 0 Å². The van der Waals surface area contributed by atoms with E-state index in [0.29, 0.717) is 0 Å². The minimum absolute atomic E-state index is 0. The van der Waals surface area contributed by atoms with E-state index < -0.39 is 183 Å². The first kappa shape index (κ1) is 147. The van der Waals surface area contributed by atoms with E-state index in [4.69, 9.17) is 281 Å². The van der Waals surface area contributed by atoms with Crippen molar-refractivity contribution in [3.63, 3.8) is 0 Å². The second-order valence-electron chi connectivity index (χ2n) is 5.59. The quantitative estimate of drug-likeness (QED) is 0.100. The average molecular weight is 1610 g/mol. The number of hydrogen-bond acceptors (Lipinski definition) is 24. The van der Waals surface area contributed by atoms with Gasteiger partial charge in [-0.15, -0.1) is 0 Å². The largest absolute Gasteiger partial charge is 2.00 e. The predicted octanol–water partition coefficient (Wildman–Crippen LogP) is -35.6. The monoisotopic (exact) mass is 1600 g/mol. The molecule has 0 heterocycles. The standard InChI is InChI=1S/2Mg.18H2O3Si.2O3Si/c;;20*1-4(2)3/h;;18*1-2H;;/q2*+2;;;;;;;;;;;;;;;;;;;2*-2. The van der Waals surface area contributed by atoms with Crippen LogP contribution >= 0.6 is 0 Å². The van der Waals surface area contributed by atoms with Crippen molar-refractivity contribution in [2.24, 2.45) is 0 Å². The van der Waals surface area contributed by atoms with Crippen LogP contribution in [0.4, 0.5) is 0 Å². The minimum atomic E-state index is -3.63. The van der Waals surface area contributed by atoms with Gasteiger partial charge in [0.25, 0.3) is 0 Å². The Morgan fingerprint density at radius 2 is 0.122 bits per heavy atom. The molecule has 0 rings (SSSR count). The summed E-state index contributed by atoms with van der Waals surface area (Å²) in [4.78, 5) is 292. The van der Waals surface area contributed by atoms with Crippen molar-refractivity contribution in [1.82, 2.24) is 0 Å². The van der Waals surface area contributed by atoms with E-state index >= 15 is 0 Å². The van der Waals surface area contributed by atoms with E-state index in [1.54, 1.807) is 0 Å². The molecule has 0 aliphatic rings. The maximum Gasteiger partial charge on any atom is 2.00 e. The van der Waals surface area contributed by atoms with Crippen LogP contribution in [-0.2, 0) is 89.2 Å². The average Bonchev–Trinajstić information content (AvgIpc) is 2.99. The fraction of sp³-hybridized carbons (Fsp3) is 0. The second kappa shape index (κ2) is 141. The summed E-state index contributed by atoms with van der Waals surface area (Å²) in [6.07, 6.45) is 0. The molecule has 0 spiro atoms. The zero-order valence-electron chi connectivity index (χ0n) is 37.3. The maximum atomic E-state index is 8.74. The molecule has 0 amide bonds. The van der Waals surface area contributed by atoms with Gasteiger partial charge in [-0.1, -0.05) is 0 Å². The molecule has 82 heteroatoms. The molecule has 0 bridgehead atoms. The number of rotatable bonds is 0. The molecule has 480 valence electrons. The molecule has 0 aromatic rings. The maximum absolute atomic E-state index is 8.74. The molecule has 0 aromatic carbocycles. The summed E-state index contributed by atoms with van der Waals surface area (Å²) in [5.74, 6) is 0. The Balaban J connectivity index is -0.0000000231. The van der Waals surface area contributed by atoms with Crippen LogP contribution in [0.3, 0.4) is 0 Å². The summed E-state index contributed by atoms with van der Waals surface area (Å²) in [6, 6.07) is 0. The normalized spacial score (nSPS) is 5.85. The second-order valence-corrected chi connectivity index (χ2v) is 16.8. The van der Waals surface area contributed by atoms with E-state index in [2.05, 4.69) is 0 Å². The van der Waals surface area contributed by atoms with E-state index in [1.807, 2.05) is 0 Å². The zero-order valence-corrected chi connectivity index (χ0v) is 60.1. The third-order valence-electron chi connectivity index (χ3n) is 0. The van der Waals surface area contributed by atoms with Crippen molar-refractivity contribution in [2.45, 2.75) is 0 Å². The predicted molar refractivity (Wildman–Crippen MR) is 220 cm³/mol. The molecule has 0 aliphatic carbocycles. The van der Waals surface area contributed by atoms with Crippen LogP contribution in [0.2, 0.25) is 0 Å². The molecule has 36 N–H and O–H groups in total. The van der Waals surface area contributed by atoms with Crippen molar-refractivity contribution < 1.29 is 281 Å². The molecule has 0 fully saturated rings. The third kappa shape index (κ3) is 10400. The number of hydrogen-bond donors (Lipinski definition) is 36. The van der Waals surface area contributed by atoms with Crippen molar-refractivity contribution in [3.8, 4) is 0 Å². The van der Waals surface area contributed by atoms with E-state index in [1.165, 1.54) is 0 Å². The van der Waals surface area contributed by atoms with E-state index in [0.717, 1.165) is 0 Å². The van der Waals surface area contributed by atoms with Gasteiger partial charge < -0.3 is 201 Å². The zero-order chi connectivity index (χ0) is 71.5. The van der Waals surface area contributed by atoms with Gasteiger partial charge in [-0.05, 0) is 0 Å². The van der Waals surface area contributed by atoms with Gasteiger partial charge in [-0.3, -0.25) is 80.3 Å². The van der Waals surface area contributed by atoms with Crippen molar-refractivity contribution in [3.05, 3.63) is 0 Å². The van der Waals surface area contributed by atoms with Gasteiger partial charge in [0.15, 0.2) is 0 Å². The minimum Gasteiger partial charge on any atom is -0.672 e. The van der Waals surface area contributed by atoms with Crippen molar-refractivity contribution in [1.29, 1.82) is 0 Å². The molecule has 82 heavy (non-hydrogen) atoms. The Bertz CT molecular complexity index is 1060. The first-order chi connectivity index (χ1) is 34.6. The van der Waals surface area contributed by atoms with Crippen LogP contribution in [0, 0.1) is 0 Å². The molecule has 0 aliphatic heterocycles. The Morgan fingerprint density at radius 3 is 0.122 bits per heavy atom. The smallest absolute Gasteiger partial charge is 0.672 e. The molecular formula is H36Mg2O60Si20. The summed E-state index contributed by atoms with van der Waals surface area (Å²) < 4.78 is 174. The molecule has 0 unspecified atom stereocenters. The first-order valence-corrected chi connectivity index (χ1v) is 38.8. The summed E-state index contributed by atoms with van der Waals surface area (Å²) in [5, 5.41) is 0. The Labute approximate surface area is 507 Å².